The molecule has 8 heteroatoms. The first kappa shape index (κ1) is 21.2. The average Bonchev–Trinajstić information content (AvgIpc) is 3.44. The minimum atomic E-state index is -0.100. The van der Waals surface area contributed by atoms with E-state index in [1.165, 1.54) is 25.7 Å². The van der Waals surface area contributed by atoms with Gasteiger partial charge in [0.05, 0.1) is 24.5 Å². The van der Waals surface area contributed by atoms with E-state index in [0.717, 1.165) is 68.2 Å². The molecule has 2 unspecified atom stereocenters. The number of hydrogen-bond acceptors (Lipinski definition) is 4. The topological polar surface area (TPSA) is 93.8 Å². The number of fused-ring (bicyclic) bond motifs is 2. The number of imidazole rings is 2. The molecule has 0 radical (unpaired) electrons. The Kier molecular flexibility index (Phi) is 6.28. The molecule has 5 rings (SSSR count). The van der Waals surface area contributed by atoms with Crippen LogP contribution in [0.5, 0.6) is 0 Å². The molecule has 0 bridgehead atoms. The van der Waals surface area contributed by atoms with Crippen molar-refractivity contribution in [2.75, 3.05) is 0 Å². The van der Waals surface area contributed by atoms with Crippen molar-refractivity contribution in [1.82, 2.24) is 29.7 Å². The Morgan fingerprint density at radius 3 is 1.75 bits per heavy atom. The average molecular weight is 439 g/mol. The van der Waals surface area contributed by atoms with Crippen LogP contribution in [-0.4, -0.2) is 30.9 Å². The fourth-order valence-electron chi connectivity index (χ4n) is 5.42. The number of carbonyl (C=O) groups is 2. The third-order valence-electron chi connectivity index (χ3n) is 7.22. The van der Waals surface area contributed by atoms with E-state index in [2.05, 4.69) is 42.1 Å². The van der Waals surface area contributed by atoms with Crippen molar-refractivity contribution in [3.63, 3.8) is 0 Å². The molecule has 172 valence electrons. The zero-order chi connectivity index (χ0) is 21.9. The molecule has 0 aromatic carbocycles. The summed E-state index contributed by atoms with van der Waals surface area (Å²) in [4.78, 5) is 34.9. The molecule has 2 aliphatic heterocycles. The highest BCUT2D eigenvalue weighted by molar-refractivity contribution is 5.82. The molecule has 1 saturated carbocycles. The molecule has 8 nitrogen and oxygen atoms in total. The van der Waals surface area contributed by atoms with Crippen LogP contribution in [0.2, 0.25) is 0 Å². The van der Waals surface area contributed by atoms with Crippen LogP contribution >= 0.6 is 0 Å². The van der Waals surface area contributed by atoms with Gasteiger partial charge in [-0.05, 0) is 44.9 Å². The summed E-state index contributed by atoms with van der Waals surface area (Å²) in [7, 11) is 0. The van der Waals surface area contributed by atoms with E-state index in [9.17, 15) is 9.59 Å². The van der Waals surface area contributed by atoms with Crippen molar-refractivity contribution >= 4 is 11.8 Å². The Morgan fingerprint density at radius 1 is 0.781 bits per heavy atom. The van der Waals surface area contributed by atoms with Crippen LogP contribution in [-0.2, 0) is 48.6 Å². The third kappa shape index (κ3) is 4.74. The molecule has 32 heavy (non-hydrogen) atoms. The predicted octanol–water partition coefficient (Wildman–Crippen LogP) is 2.49. The molecule has 1 fully saturated rings. The number of rotatable bonds is 6. The third-order valence-corrected chi connectivity index (χ3v) is 7.22. The largest absolute Gasteiger partial charge is 0.350 e. The fraction of sp³-hybridized carbons (Fsp3) is 0.667. The van der Waals surface area contributed by atoms with Gasteiger partial charge in [-0.1, -0.05) is 6.42 Å². The van der Waals surface area contributed by atoms with Gasteiger partial charge in [0.15, 0.2) is 0 Å². The van der Waals surface area contributed by atoms with Crippen molar-refractivity contribution in [2.45, 2.75) is 90.4 Å². The predicted molar refractivity (Wildman–Crippen MR) is 119 cm³/mol. The first-order valence-corrected chi connectivity index (χ1v) is 12.3. The van der Waals surface area contributed by atoms with Gasteiger partial charge in [-0.2, -0.15) is 0 Å². The Bertz CT molecular complexity index is 854. The van der Waals surface area contributed by atoms with Crippen LogP contribution < -0.4 is 10.6 Å². The lowest BCUT2D eigenvalue weighted by Crippen LogP contribution is -2.38. The number of aromatic nitrogens is 4. The van der Waals surface area contributed by atoms with E-state index in [1.807, 2.05) is 0 Å². The zero-order valence-electron chi connectivity index (χ0n) is 18.8. The van der Waals surface area contributed by atoms with Gasteiger partial charge in [0.25, 0.3) is 0 Å². The Balaban J connectivity index is 1.10. The van der Waals surface area contributed by atoms with Crippen molar-refractivity contribution in [1.29, 1.82) is 0 Å². The van der Waals surface area contributed by atoms with E-state index in [0.29, 0.717) is 19.5 Å². The minimum Gasteiger partial charge on any atom is -0.350 e. The maximum absolute atomic E-state index is 12.8. The number of hydrogen-bond donors (Lipinski definition) is 2. The van der Waals surface area contributed by atoms with Gasteiger partial charge < -0.3 is 19.8 Å². The molecule has 3 aliphatic rings. The molecule has 0 spiro atoms. The number of aryl methyl sites for hydroxylation is 4. The molecule has 1 aliphatic carbocycles. The molecule has 2 aromatic heterocycles. The maximum Gasteiger partial charge on any atom is 0.223 e. The van der Waals surface area contributed by atoms with Gasteiger partial charge in [0, 0.05) is 50.2 Å². The number of nitrogens with zero attached hydrogens (tertiary/aromatic N) is 4. The normalized spacial score (nSPS) is 22.6. The summed E-state index contributed by atoms with van der Waals surface area (Å²) >= 11 is 0. The van der Waals surface area contributed by atoms with Crippen LogP contribution in [0.4, 0.5) is 0 Å². The summed E-state index contributed by atoms with van der Waals surface area (Å²) < 4.78 is 4.42. The molecule has 2 aromatic rings. The lowest BCUT2D eigenvalue weighted by molar-refractivity contribution is -0.130. The summed E-state index contributed by atoms with van der Waals surface area (Å²) in [6.45, 7) is 2.99. The molecule has 2 atom stereocenters. The Morgan fingerprint density at radius 2 is 1.28 bits per heavy atom. The van der Waals surface area contributed by atoms with E-state index in [1.54, 1.807) is 0 Å². The molecule has 2 N–H and O–H groups in total. The Labute approximate surface area is 189 Å². The van der Waals surface area contributed by atoms with Crippen LogP contribution in [0.1, 0.15) is 74.4 Å². The second-order valence-electron chi connectivity index (χ2n) is 9.59. The van der Waals surface area contributed by atoms with Crippen LogP contribution in [0.25, 0.3) is 0 Å². The molecule has 2 amide bonds. The molecule has 4 heterocycles. The van der Waals surface area contributed by atoms with Crippen molar-refractivity contribution in [3.8, 4) is 0 Å². The lowest BCUT2D eigenvalue weighted by Gasteiger charge is -2.27. The molecular weight excluding hydrogens is 404 g/mol. The summed E-state index contributed by atoms with van der Waals surface area (Å²) in [6, 6.07) is 0. The zero-order valence-corrected chi connectivity index (χ0v) is 18.8. The quantitative estimate of drug-likeness (QED) is 0.725. The van der Waals surface area contributed by atoms with Crippen molar-refractivity contribution in [2.24, 2.45) is 11.8 Å². The van der Waals surface area contributed by atoms with Gasteiger partial charge in [-0.25, -0.2) is 9.97 Å². The molecule has 0 saturated heterocycles. The number of carbonyl (C=O) groups excluding carboxylic acids is 2. The van der Waals surface area contributed by atoms with Gasteiger partial charge in [-0.15, -0.1) is 0 Å². The lowest BCUT2D eigenvalue weighted by atomic mass is 9.80. The van der Waals surface area contributed by atoms with E-state index in [-0.39, 0.29) is 23.7 Å². The van der Waals surface area contributed by atoms with E-state index >= 15 is 0 Å². The van der Waals surface area contributed by atoms with Gasteiger partial charge in [0.2, 0.25) is 11.8 Å². The first-order valence-electron chi connectivity index (χ1n) is 12.3. The highest BCUT2D eigenvalue weighted by Gasteiger charge is 2.31. The second-order valence-corrected chi connectivity index (χ2v) is 9.59. The second kappa shape index (κ2) is 9.46. The maximum atomic E-state index is 12.8. The highest BCUT2D eigenvalue weighted by atomic mass is 16.2. The summed E-state index contributed by atoms with van der Waals surface area (Å²) in [5.74, 6) is 2.17. The highest BCUT2D eigenvalue weighted by Crippen LogP contribution is 2.29. The van der Waals surface area contributed by atoms with E-state index in [4.69, 9.17) is 0 Å². The number of amides is 2. The minimum absolute atomic E-state index is 0.0512. The molecular formula is C24H34N6O2. The number of nitrogens with one attached hydrogen (secondary N) is 2. The Hall–Kier alpha value is -2.64. The summed E-state index contributed by atoms with van der Waals surface area (Å²) in [5.41, 5.74) is 1.87. The van der Waals surface area contributed by atoms with Crippen LogP contribution in [0, 0.1) is 11.8 Å². The fourth-order valence-corrected chi connectivity index (χ4v) is 5.42. The standard InChI is InChI=1S/C24H34N6O2/c31-23(25-13-19-15-29-10-3-1-8-21(29)27-19)17-6-5-7-18(12-17)24(32)26-14-20-16-30-11-4-2-9-22(30)28-20/h15-18H,1-14H2,(H,25,31)(H,26,32). The van der Waals surface area contributed by atoms with Crippen LogP contribution in [0.3, 0.4) is 0 Å². The summed E-state index contributed by atoms with van der Waals surface area (Å²) in [6.07, 6.45) is 14.2. The SMILES string of the molecule is O=C(NCc1cn2c(n1)CCCC2)C1CCCC(C(=O)NCc2cn3c(n2)CCCC3)C1. The van der Waals surface area contributed by atoms with E-state index < -0.39 is 0 Å². The van der Waals surface area contributed by atoms with Crippen LogP contribution in [0.15, 0.2) is 12.4 Å². The smallest absolute Gasteiger partial charge is 0.223 e. The first-order chi connectivity index (χ1) is 15.7. The monoisotopic (exact) mass is 438 g/mol. The summed E-state index contributed by atoms with van der Waals surface area (Å²) in [5, 5.41) is 6.13. The van der Waals surface area contributed by atoms with Gasteiger partial charge in [0.1, 0.15) is 11.6 Å². The van der Waals surface area contributed by atoms with Gasteiger partial charge in [-0.3, -0.25) is 9.59 Å². The van der Waals surface area contributed by atoms with Crippen molar-refractivity contribution < 1.29 is 9.59 Å². The van der Waals surface area contributed by atoms with Gasteiger partial charge >= 0.3 is 0 Å². The van der Waals surface area contributed by atoms with Crippen molar-refractivity contribution in [3.05, 3.63) is 35.4 Å².